The monoisotopic (exact) mass is 444 g/mol. The number of hydrogen-bond acceptors (Lipinski definition) is 1. The van der Waals surface area contributed by atoms with E-state index in [-0.39, 0.29) is 0 Å². The van der Waals surface area contributed by atoms with Gasteiger partial charge in [0.25, 0.3) is 0 Å². The third-order valence-electron chi connectivity index (χ3n) is 5.86. The lowest BCUT2D eigenvalue weighted by molar-refractivity contribution is 0.436. The molecule has 0 N–H and O–H groups in total. The lowest BCUT2D eigenvalue weighted by Gasteiger charge is -2.39. The van der Waals surface area contributed by atoms with Crippen molar-refractivity contribution in [2.24, 2.45) is 0 Å². The second-order valence-corrected chi connectivity index (χ2v) is 8.58. The Bertz CT molecular complexity index is 1180. The van der Waals surface area contributed by atoms with Gasteiger partial charge in [0.2, 0.25) is 0 Å². The van der Waals surface area contributed by atoms with Crippen LogP contribution in [0.15, 0.2) is 89.4 Å². The largest absolute Gasteiger partial charge is 0.457 e. The van der Waals surface area contributed by atoms with Gasteiger partial charge in [-0.2, -0.15) is 0 Å². The highest BCUT2D eigenvalue weighted by Gasteiger charge is 2.50. The van der Waals surface area contributed by atoms with Crippen molar-refractivity contribution in [2.45, 2.75) is 5.41 Å². The summed E-state index contributed by atoms with van der Waals surface area (Å²) in [7, 11) is 0. The standard InChI is InChI=1S/C25H14BrClO/c26-15-9-11-19-17(13-15)18-14-16(27)10-12-20(18)25(19)21-5-1-3-7-23(21)28-24-8-4-2-6-22(24)25/h1-14H. The first-order valence-corrected chi connectivity index (χ1v) is 10.3. The molecule has 0 unspecified atom stereocenters. The molecule has 1 nitrogen and oxygen atoms in total. The molecule has 4 aromatic carbocycles. The molecule has 28 heavy (non-hydrogen) atoms. The maximum atomic E-state index is 6.42. The van der Waals surface area contributed by atoms with Crippen LogP contribution in [0.2, 0.25) is 5.02 Å². The summed E-state index contributed by atoms with van der Waals surface area (Å²) in [6.45, 7) is 0. The summed E-state index contributed by atoms with van der Waals surface area (Å²) in [6, 6.07) is 29.5. The first-order valence-electron chi connectivity index (χ1n) is 9.17. The third kappa shape index (κ3) is 1.97. The van der Waals surface area contributed by atoms with Crippen LogP contribution in [0.5, 0.6) is 11.5 Å². The Morgan fingerprint density at radius 3 is 1.89 bits per heavy atom. The minimum atomic E-state index is -0.415. The summed E-state index contributed by atoms with van der Waals surface area (Å²) in [5.74, 6) is 1.80. The van der Waals surface area contributed by atoms with E-state index in [1.165, 1.54) is 33.4 Å². The molecule has 1 spiro atoms. The predicted molar refractivity (Wildman–Crippen MR) is 117 cm³/mol. The van der Waals surface area contributed by atoms with Crippen molar-refractivity contribution in [1.29, 1.82) is 0 Å². The molecular formula is C25H14BrClO. The average molecular weight is 446 g/mol. The van der Waals surface area contributed by atoms with Crippen molar-refractivity contribution in [2.75, 3.05) is 0 Å². The van der Waals surface area contributed by atoms with Crippen LogP contribution in [0.4, 0.5) is 0 Å². The van der Waals surface area contributed by atoms with Crippen LogP contribution in [0.3, 0.4) is 0 Å². The molecule has 1 aliphatic heterocycles. The molecule has 6 rings (SSSR count). The first-order chi connectivity index (χ1) is 13.7. The molecule has 3 heteroatoms. The summed E-state index contributed by atoms with van der Waals surface area (Å²) in [4.78, 5) is 0. The summed E-state index contributed by atoms with van der Waals surface area (Å²) in [6.07, 6.45) is 0. The zero-order valence-corrected chi connectivity index (χ0v) is 17.1. The fourth-order valence-corrected chi connectivity index (χ4v) is 5.39. The van der Waals surface area contributed by atoms with E-state index < -0.39 is 5.41 Å². The summed E-state index contributed by atoms with van der Waals surface area (Å²) >= 11 is 10.1. The topological polar surface area (TPSA) is 9.23 Å². The highest BCUT2D eigenvalue weighted by molar-refractivity contribution is 9.10. The molecule has 0 atom stereocenters. The molecule has 0 radical (unpaired) electrons. The molecule has 2 aliphatic rings. The van der Waals surface area contributed by atoms with Crippen molar-refractivity contribution >= 4 is 27.5 Å². The van der Waals surface area contributed by atoms with E-state index in [1.54, 1.807) is 0 Å². The molecule has 0 amide bonds. The Balaban J connectivity index is 1.85. The number of rotatable bonds is 0. The maximum Gasteiger partial charge on any atom is 0.132 e. The van der Waals surface area contributed by atoms with Crippen LogP contribution in [-0.4, -0.2) is 0 Å². The second-order valence-electron chi connectivity index (χ2n) is 7.22. The molecule has 134 valence electrons. The van der Waals surface area contributed by atoms with Crippen molar-refractivity contribution in [3.63, 3.8) is 0 Å². The number of hydrogen-bond donors (Lipinski definition) is 0. The van der Waals surface area contributed by atoms with Crippen molar-refractivity contribution in [3.05, 3.63) is 117 Å². The van der Waals surface area contributed by atoms with E-state index in [9.17, 15) is 0 Å². The zero-order chi connectivity index (χ0) is 18.9. The predicted octanol–water partition coefficient (Wildman–Crippen LogP) is 7.57. The van der Waals surface area contributed by atoms with E-state index in [0.717, 1.165) is 21.0 Å². The van der Waals surface area contributed by atoms with Gasteiger partial charge >= 0.3 is 0 Å². The number of fused-ring (bicyclic) bond motifs is 9. The molecule has 0 saturated heterocycles. The van der Waals surface area contributed by atoms with Crippen LogP contribution in [-0.2, 0) is 5.41 Å². The Hall–Kier alpha value is -2.55. The van der Waals surface area contributed by atoms with Crippen molar-refractivity contribution in [3.8, 4) is 22.6 Å². The van der Waals surface area contributed by atoms with Gasteiger partial charge in [0.05, 0.1) is 5.41 Å². The van der Waals surface area contributed by atoms with Gasteiger partial charge in [-0.15, -0.1) is 0 Å². The molecule has 4 aromatic rings. The zero-order valence-electron chi connectivity index (χ0n) is 14.7. The van der Waals surface area contributed by atoms with E-state index >= 15 is 0 Å². The first kappa shape index (κ1) is 16.4. The van der Waals surface area contributed by atoms with Gasteiger partial charge in [-0.3, -0.25) is 0 Å². The van der Waals surface area contributed by atoms with Crippen LogP contribution < -0.4 is 4.74 Å². The molecule has 0 aromatic heterocycles. The fraction of sp³-hybridized carbons (Fsp3) is 0.0400. The normalized spacial score (nSPS) is 14.6. The average Bonchev–Trinajstić information content (AvgIpc) is 2.98. The Morgan fingerprint density at radius 2 is 1.21 bits per heavy atom. The number of ether oxygens (including phenoxy) is 1. The smallest absolute Gasteiger partial charge is 0.132 e. The summed E-state index contributed by atoms with van der Waals surface area (Å²) < 4.78 is 7.36. The number of benzene rings is 4. The minimum absolute atomic E-state index is 0.415. The molecule has 1 aliphatic carbocycles. The molecule has 0 bridgehead atoms. The van der Waals surface area contributed by atoms with Gasteiger partial charge in [-0.05, 0) is 58.7 Å². The Labute approximate surface area is 176 Å². The molecule has 0 fully saturated rings. The highest BCUT2D eigenvalue weighted by Crippen LogP contribution is 2.62. The van der Waals surface area contributed by atoms with Gasteiger partial charge in [-0.1, -0.05) is 76.1 Å². The van der Waals surface area contributed by atoms with Gasteiger partial charge in [-0.25, -0.2) is 0 Å². The Kier molecular flexibility index (Phi) is 3.36. The van der Waals surface area contributed by atoms with Crippen LogP contribution in [0.1, 0.15) is 22.3 Å². The number of halogens is 2. The molecular weight excluding hydrogens is 432 g/mol. The SMILES string of the molecule is Clc1ccc2c(c1)-c1cc(Br)ccc1C21c2ccccc2Oc2ccccc21. The highest BCUT2D eigenvalue weighted by atomic mass is 79.9. The maximum absolute atomic E-state index is 6.42. The van der Waals surface area contributed by atoms with E-state index in [2.05, 4.69) is 82.7 Å². The second kappa shape index (κ2) is 5.73. The number of para-hydroxylation sites is 2. The van der Waals surface area contributed by atoms with Crippen molar-refractivity contribution in [1.82, 2.24) is 0 Å². The summed E-state index contributed by atoms with van der Waals surface area (Å²) in [5.41, 5.74) is 6.80. The molecule has 0 saturated carbocycles. The quantitative estimate of drug-likeness (QED) is 0.234. The van der Waals surface area contributed by atoms with Crippen molar-refractivity contribution < 1.29 is 4.74 Å². The fourth-order valence-electron chi connectivity index (χ4n) is 4.85. The van der Waals surface area contributed by atoms with Gasteiger partial charge in [0.1, 0.15) is 11.5 Å². The lowest BCUT2D eigenvalue weighted by atomic mass is 9.66. The van der Waals surface area contributed by atoms with Gasteiger partial charge in [0, 0.05) is 20.6 Å². The van der Waals surface area contributed by atoms with Gasteiger partial charge < -0.3 is 4.74 Å². The summed E-state index contributed by atoms with van der Waals surface area (Å²) in [5, 5.41) is 0.746. The van der Waals surface area contributed by atoms with E-state index in [0.29, 0.717) is 0 Å². The van der Waals surface area contributed by atoms with Crippen LogP contribution in [0.25, 0.3) is 11.1 Å². The third-order valence-corrected chi connectivity index (χ3v) is 6.59. The van der Waals surface area contributed by atoms with Crippen LogP contribution >= 0.6 is 27.5 Å². The minimum Gasteiger partial charge on any atom is -0.457 e. The van der Waals surface area contributed by atoms with E-state index in [1.807, 2.05) is 18.2 Å². The van der Waals surface area contributed by atoms with E-state index in [4.69, 9.17) is 16.3 Å². The molecule has 1 heterocycles. The van der Waals surface area contributed by atoms with Crippen LogP contribution in [0, 0.1) is 0 Å². The Morgan fingerprint density at radius 1 is 0.643 bits per heavy atom. The lowest BCUT2D eigenvalue weighted by Crippen LogP contribution is -2.32. The van der Waals surface area contributed by atoms with Gasteiger partial charge in [0.15, 0.2) is 0 Å².